The van der Waals surface area contributed by atoms with E-state index in [-0.39, 0.29) is 30.2 Å². The first-order valence-corrected chi connectivity index (χ1v) is 8.79. The summed E-state index contributed by atoms with van der Waals surface area (Å²) in [6.45, 7) is 1.28. The highest BCUT2D eigenvalue weighted by Crippen LogP contribution is 2.37. The fraction of sp³-hybridized carbons (Fsp3) is 0.300. The summed E-state index contributed by atoms with van der Waals surface area (Å²) in [7, 11) is 0. The molecule has 0 aromatic heterocycles. The van der Waals surface area contributed by atoms with Crippen LogP contribution in [0.1, 0.15) is 27.4 Å². The Balaban J connectivity index is 1.58. The first-order chi connectivity index (χ1) is 13.0. The summed E-state index contributed by atoms with van der Waals surface area (Å²) in [5.74, 6) is -0.0454. The number of carbonyl (C=O) groups is 2. The van der Waals surface area contributed by atoms with Crippen LogP contribution in [0.4, 0.5) is 9.18 Å². The summed E-state index contributed by atoms with van der Waals surface area (Å²) in [6, 6.07) is 11.6. The Morgan fingerprint density at radius 3 is 2.85 bits per heavy atom. The molecule has 0 radical (unpaired) electrons. The van der Waals surface area contributed by atoms with E-state index in [9.17, 15) is 19.1 Å². The first kappa shape index (κ1) is 17.3. The third-order valence-electron chi connectivity index (χ3n) is 5.26. The summed E-state index contributed by atoms with van der Waals surface area (Å²) >= 11 is 0. The molecule has 1 fully saturated rings. The van der Waals surface area contributed by atoms with Gasteiger partial charge in [-0.05, 0) is 23.8 Å². The van der Waals surface area contributed by atoms with Gasteiger partial charge >= 0.3 is 6.09 Å². The Bertz CT molecular complexity index is 901. The maximum absolute atomic E-state index is 13.7. The molecule has 2 heterocycles. The number of carboxylic acid groups (broad SMARTS) is 1. The summed E-state index contributed by atoms with van der Waals surface area (Å²) in [6.07, 6.45) is -0.944. The maximum Gasteiger partial charge on any atom is 0.407 e. The lowest BCUT2D eigenvalue weighted by molar-refractivity contribution is 0.0951. The molecule has 0 aliphatic carbocycles. The van der Waals surface area contributed by atoms with Crippen molar-refractivity contribution in [2.75, 3.05) is 19.6 Å². The second-order valence-electron chi connectivity index (χ2n) is 6.89. The Morgan fingerprint density at radius 1 is 1.26 bits per heavy atom. The van der Waals surface area contributed by atoms with Gasteiger partial charge in [-0.2, -0.15) is 0 Å². The summed E-state index contributed by atoms with van der Waals surface area (Å²) < 4.78 is 19.4. The fourth-order valence-electron chi connectivity index (χ4n) is 3.83. The highest BCUT2D eigenvalue weighted by atomic mass is 19.1. The molecule has 2 aromatic rings. The van der Waals surface area contributed by atoms with Crippen LogP contribution in [0.15, 0.2) is 42.5 Å². The molecule has 2 N–H and O–H groups in total. The van der Waals surface area contributed by atoms with E-state index in [1.54, 1.807) is 30.3 Å². The number of benzene rings is 2. The predicted molar refractivity (Wildman–Crippen MR) is 95.3 cm³/mol. The molecule has 6 nitrogen and oxygen atoms in total. The zero-order valence-corrected chi connectivity index (χ0v) is 14.5. The van der Waals surface area contributed by atoms with Gasteiger partial charge in [0.2, 0.25) is 0 Å². The van der Waals surface area contributed by atoms with Crippen molar-refractivity contribution in [1.82, 2.24) is 10.2 Å². The zero-order valence-electron chi connectivity index (χ0n) is 14.5. The number of fused-ring (bicyclic) bond motifs is 3. The second kappa shape index (κ2) is 6.90. The Labute approximate surface area is 155 Å². The van der Waals surface area contributed by atoms with E-state index in [0.717, 1.165) is 5.56 Å². The molecule has 2 aromatic carbocycles. The van der Waals surface area contributed by atoms with Crippen LogP contribution in [0.3, 0.4) is 0 Å². The minimum absolute atomic E-state index is 0.0318. The van der Waals surface area contributed by atoms with Crippen LogP contribution in [0, 0.1) is 11.7 Å². The van der Waals surface area contributed by atoms with E-state index < -0.39 is 6.09 Å². The fourth-order valence-corrected chi connectivity index (χ4v) is 3.83. The van der Waals surface area contributed by atoms with Crippen LogP contribution < -0.4 is 10.1 Å². The van der Waals surface area contributed by atoms with Crippen LogP contribution in [0.25, 0.3) is 0 Å². The molecule has 27 heavy (non-hydrogen) atoms. The van der Waals surface area contributed by atoms with Gasteiger partial charge in [0.15, 0.2) is 0 Å². The van der Waals surface area contributed by atoms with E-state index >= 15 is 0 Å². The maximum atomic E-state index is 13.7. The van der Waals surface area contributed by atoms with Gasteiger partial charge in [-0.3, -0.25) is 4.79 Å². The van der Waals surface area contributed by atoms with Gasteiger partial charge in [0.05, 0.1) is 0 Å². The van der Waals surface area contributed by atoms with Crippen LogP contribution in [-0.4, -0.2) is 41.6 Å². The van der Waals surface area contributed by atoms with Crippen LogP contribution in [-0.2, 0) is 6.61 Å². The van der Waals surface area contributed by atoms with Gasteiger partial charge in [0.1, 0.15) is 18.2 Å². The van der Waals surface area contributed by atoms with E-state index in [4.69, 9.17) is 4.74 Å². The van der Waals surface area contributed by atoms with E-state index in [1.165, 1.54) is 11.0 Å². The van der Waals surface area contributed by atoms with Crippen molar-refractivity contribution in [2.24, 2.45) is 5.92 Å². The molecule has 140 valence electrons. The highest BCUT2D eigenvalue weighted by molar-refractivity contribution is 5.96. The molecule has 2 aliphatic rings. The molecule has 0 bridgehead atoms. The molecule has 2 atom stereocenters. The second-order valence-corrected chi connectivity index (χ2v) is 6.89. The minimum atomic E-state index is -0.944. The smallest absolute Gasteiger partial charge is 0.407 e. The summed E-state index contributed by atoms with van der Waals surface area (Å²) in [5.41, 5.74) is 1.75. The summed E-state index contributed by atoms with van der Waals surface area (Å²) in [5, 5.41) is 12.1. The van der Waals surface area contributed by atoms with Gasteiger partial charge in [0.25, 0.3) is 5.91 Å². The minimum Gasteiger partial charge on any atom is -0.489 e. The predicted octanol–water partition coefficient (Wildman–Crippen LogP) is 2.84. The number of halogens is 1. The topological polar surface area (TPSA) is 78.9 Å². The Kier molecular flexibility index (Phi) is 4.43. The van der Waals surface area contributed by atoms with E-state index in [2.05, 4.69) is 5.32 Å². The normalized spacial score (nSPS) is 21.1. The van der Waals surface area contributed by atoms with Crippen molar-refractivity contribution >= 4 is 12.0 Å². The first-order valence-electron chi connectivity index (χ1n) is 8.79. The molecule has 2 aliphatic heterocycles. The van der Waals surface area contributed by atoms with Crippen molar-refractivity contribution in [3.05, 3.63) is 65.0 Å². The zero-order chi connectivity index (χ0) is 19.0. The third-order valence-corrected chi connectivity index (χ3v) is 5.26. The number of amides is 2. The Morgan fingerprint density at radius 2 is 2.07 bits per heavy atom. The quantitative estimate of drug-likeness (QED) is 0.871. The lowest BCUT2D eigenvalue weighted by atomic mass is 9.87. The number of nitrogens with zero attached hydrogens (tertiary/aromatic N) is 1. The number of ether oxygens (including phenoxy) is 1. The lowest BCUT2D eigenvalue weighted by Gasteiger charge is -2.17. The highest BCUT2D eigenvalue weighted by Gasteiger charge is 2.39. The largest absolute Gasteiger partial charge is 0.489 e. The molecular formula is C20H19FN2O4. The standard InChI is InChI=1S/C20H19FN2O4/c21-18-4-2-1-3-12(18)11-27-14-5-6-15-16(7-14)19(24)22-8-13-9-23(20(25)26)10-17(13)15/h1-7,13,17H,8-11H2,(H,22,24)(H,25,26). The average molecular weight is 370 g/mol. The van der Waals surface area contributed by atoms with E-state index in [1.807, 2.05) is 6.07 Å². The van der Waals surface area contributed by atoms with Crippen molar-refractivity contribution in [1.29, 1.82) is 0 Å². The SMILES string of the molecule is O=C1NCC2CN(C(=O)O)CC2c2ccc(OCc3ccccc3F)cc21. The van der Waals surface area contributed by atoms with Crippen molar-refractivity contribution < 1.29 is 23.8 Å². The molecule has 4 rings (SSSR count). The summed E-state index contributed by atoms with van der Waals surface area (Å²) in [4.78, 5) is 25.2. The van der Waals surface area contributed by atoms with Gasteiger partial charge in [-0.1, -0.05) is 24.3 Å². The van der Waals surface area contributed by atoms with Crippen LogP contribution >= 0.6 is 0 Å². The van der Waals surface area contributed by atoms with Crippen molar-refractivity contribution in [3.63, 3.8) is 0 Å². The van der Waals surface area contributed by atoms with Crippen LogP contribution in [0.5, 0.6) is 5.75 Å². The molecular weight excluding hydrogens is 351 g/mol. The Hall–Kier alpha value is -3.09. The third kappa shape index (κ3) is 3.32. The number of carbonyl (C=O) groups excluding carboxylic acids is 1. The van der Waals surface area contributed by atoms with Gasteiger partial charge in [-0.15, -0.1) is 0 Å². The van der Waals surface area contributed by atoms with Gasteiger partial charge < -0.3 is 20.1 Å². The number of rotatable bonds is 3. The molecule has 0 saturated carbocycles. The molecule has 7 heteroatoms. The monoisotopic (exact) mass is 370 g/mol. The molecule has 2 amide bonds. The molecule has 2 unspecified atom stereocenters. The van der Waals surface area contributed by atoms with Crippen molar-refractivity contribution in [3.8, 4) is 5.75 Å². The van der Waals surface area contributed by atoms with Gasteiger partial charge in [0, 0.05) is 42.6 Å². The number of likely N-dealkylation sites (tertiary alicyclic amines) is 1. The van der Waals surface area contributed by atoms with E-state index in [0.29, 0.717) is 36.5 Å². The average Bonchev–Trinajstić information content (AvgIpc) is 3.05. The van der Waals surface area contributed by atoms with Gasteiger partial charge in [-0.25, -0.2) is 9.18 Å². The lowest BCUT2D eigenvalue weighted by Crippen LogP contribution is -2.31. The molecule has 1 saturated heterocycles. The van der Waals surface area contributed by atoms with Crippen LogP contribution in [0.2, 0.25) is 0 Å². The molecule has 0 spiro atoms. The number of hydrogen-bond donors (Lipinski definition) is 2. The number of hydrogen-bond acceptors (Lipinski definition) is 3. The number of nitrogens with one attached hydrogen (secondary N) is 1. The van der Waals surface area contributed by atoms with Crippen molar-refractivity contribution in [2.45, 2.75) is 12.5 Å².